The van der Waals surface area contributed by atoms with E-state index < -0.39 is 0 Å². The molecular formula is C25H31N. The second kappa shape index (κ2) is 6.79. The van der Waals surface area contributed by atoms with Crippen LogP contribution in [0.25, 0.3) is 0 Å². The van der Waals surface area contributed by atoms with Crippen molar-refractivity contribution in [3.05, 3.63) is 87.5 Å². The first-order valence-corrected chi connectivity index (χ1v) is 9.51. The molecule has 0 amide bonds. The molecule has 0 aliphatic heterocycles. The molecule has 26 heavy (non-hydrogen) atoms. The summed E-state index contributed by atoms with van der Waals surface area (Å²) >= 11 is 0. The van der Waals surface area contributed by atoms with E-state index in [9.17, 15) is 0 Å². The first kappa shape index (κ1) is 18.5. The summed E-state index contributed by atoms with van der Waals surface area (Å²) in [4.78, 5) is 0. The Morgan fingerprint density at radius 1 is 0.885 bits per heavy atom. The minimum absolute atomic E-state index is 0.161. The van der Waals surface area contributed by atoms with E-state index in [1.807, 2.05) is 0 Å². The molecule has 2 aromatic rings. The first-order valence-electron chi connectivity index (χ1n) is 9.51. The fraction of sp³-hybridized carbons (Fsp3) is 0.360. The summed E-state index contributed by atoms with van der Waals surface area (Å²) in [5, 5.41) is 3.85. The van der Waals surface area contributed by atoms with Crippen LogP contribution >= 0.6 is 0 Å². The van der Waals surface area contributed by atoms with E-state index >= 15 is 0 Å². The van der Waals surface area contributed by atoms with Crippen LogP contribution in [0.4, 0.5) is 5.69 Å². The quantitative estimate of drug-likeness (QED) is 0.632. The van der Waals surface area contributed by atoms with Crippen molar-refractivity contribution >= 4 is 5.69 Å². The number of benzene rings is 2. The molecule has 1 atom stereocenters. The fourth-order valence-electron chi connectivity index (χ4n) is 4.19. The van der Waals surface area contributed by atoms with Gasteiger partial charge in [0.2, 0.25) is 0 Å². The highest BCUT2D eigenvalue weighted by atomic mass is 15.0. The number of hydrogen-bond acceptors (Lipinski definition) is 1. The molecular weight excluding hydrogens is 314 g/mol. The van der Waals surface area contributed by atoms with Crippen LogP contribution in [-0.2, 0) is 5.54 Å². The van der Waals surface area contributed by atoms with Gasteiger partial charge >= 0.3 is 0 Å². The molecule has 1 unspecified atom stereocenters. The van der Waals surface area contributed by atoms with Crippen LogP contribution in [0, 0.1) is 20.8 Å². The van der Waals surface area contributed by atoms with Gasteiger partial charge < -0.3 is 5.32 Å². The Morgan fingerprint density at radius 3 is 2.08 bits per heavy atom. The summed E-state index contributed by atoms with van der Waals surface area (Å²) in [6.07, 6.45) is 4.59. The normalized spacial score (nSPS) is 17.1. The van der Waals surface area contributed by atoms with E-state index in [1.165, 1.54) is 44.7 Å². The Morgan fingerprint density at radius 2 is 1.50 bits per heavy atom. The molecule has 0 bridgehead atoms. The van der Waals surface area contributed by atoms with Crippen LogP contribution in [-0.4, -0.2) is 0 Å². The maximum absolute atomic E-state index is 3.85. The molecule has 1 aliphatic rings. The van der Waals surface area contributed by atoms with Gasteiger partial charge in [-0.2, -0.15) is 0 Å². The van der Waals surface area contributed by atoms with Crippen LogP contribution in [0.1, 0.15) is 61.4 Å². The maximum Gasteiger partial charge on any atom is 0.0572 e. The largest absolute Gasteiger partial charge is 0.376 e. The summed E-state index contributed by atoms with van der Waals surface area (Å²) in [7, 11) is 0. The molecule has 0 heterocycles. The zero-order valence-corrected chi connectivity index (χ0v) is 17.2. The predicted molar refractivity (Wildman–Crippen MR) is 114 cm³/mol. The van der Waals surface area contributed by atoms with Gasteiger partial charge in [-0.25, -0.2) is 0 Å². The molecule has 1 nitrogen and oxygen atoms in total. The molecule has 0 saturated heterocycles. The van der Waals surface area contributed by atoms with Crippen molar-refractivity contribution in [2.75, 3.05) is 5.32 Å². The van der Waals surface area contributed by atoms with Gasteiger partial charge in [0, 0.05) is 11.6 Å². The van der Waals surface area contributed by atoms with Gasteiger partial charge in [-0.1, -0.05) is 65.3 Å². The number of hydrogen-bond donors (Lipinski definition) is 1. The highest BCUT2D eigenvalue weighted by molar-refractivity contribution is 5.61. The van der Waals surface area contributed by atoms with Gasteiger partial charge in [-0.3, -0.25) is 0 Å². The molecule has 0 saturated carbocycles. The summed E-state index contributed by atoms with van der Waals surface area (Å²) < 4.78 is 0. The third-order valence-electron chi connectivity index (χ3n) is 5.71. The minimum atomic E-state index is -0.161. The lowest BCUT2D eigenvalue weighted by Crippen LogP contribution is -2.30. The molecule has 0 aromatic heterocycles. The molecule has 1 aliphatic carbocycles. The Kier molecular flexibility index (Phi) is 4.84. The Hall–Kier alpha value is -2.28. The van der Waals surface area contributed by atoms with E-state index in [2.05, 4.69) is 102 Å². The molecule has 1 N–H and O–H groups in total. The Balaban J connectivity index is 2.03. The molecule has 1 heteroatoms. The second-order valence-corrected chi connectivity index (χ2v) is 8.31. The lowest BCUT2D eigenvalue weighted by Gasteiger charge is -2.33. The van der Waals surface area contributed by atoms with Gasteiger partial charge in [0.15, 0.2) is 0 Å². The number of nitrogens with one attached hydrogen (secondary N) is 1. The third kappa shape index (κ3) is 3.35. The van der Waals surface area contributed by atoms with E-state index in [-0.39, 0.29) is 5.54 Å². The molecule has 3 rings (SSSR count). The second-order valence-electron chi connectivity index (χ2n) is 8.31. The van der Waals surface area contributed by atoms with Gasteiger partial charge in [0.05, 0.1) is 5.54 Å². The number of aryl methyl sites for hydroxylation is 3. The van der Waals surface area contributed by atoms with Crippen molar-refractivity contribution < 1.29 is 0 Å². The molecule has 0 radical (unpaired) electrons. The smallest absolute Gasteiger partial charge is 0.0572 e. The zero-order chi connectivity index (χ0) is 19.1. The lowest BCUT2D eigenvalue weighted by atomic mass is 9.82. The van der Waals surface area contributed by atoms with Crippen LogP contribution < -0.4 is 5.32 Å². The van der Waals surface area contributed by atoms with E-state index in [0.717, 1.165) is 0 Å². The monoisotopic (exact) mass is 345 g/mol. The SMILES string of the molecule is CC1=C(C)C(c2ccccc2C(C)(C)Nc2c(C)cc(C)cc2C)C=C1. The van der Waals surface area contributed by atoms with E-state index in [0.29, 0.717) is 5.92 Å². The first-order chi connectivity index (χ1) is 12.2. The number of anilines is 1. The fourth-order valence-corrected chi connectivity index (χ4v) is 4.19. The summed E-state index contributed by atoms with van der Waals surface area (Å²) in [6.45, 7) is 15.6. The van der Waals surface area contributed by atoms with Crippen molar-refractivity contribution in [2.45, 2.75) is 59.9 Å². The van der Waals surface area contributed by atoms with Crippen molar-refractivity contribution in [3.63, 3.8) is 0 Å². The van der Waals surface area contributed by atoms with Gasteiger partial charge in [0.1, 0.15) is 0 Å². The number of allylic oxidation sites excluding steroid dienone is 4. The van der Waals surface area contributed by atoms with Crippen molar-refractivity contribution in [3.8, 4) is 0 Å². The Labute approximate surface area is 158 Å². The van der Waals surface area contributed by atoms with Crippen LogP contribution in [0.5, 0.6) is 0 Å². The molecule has 2 aromatic carbocycles. The number of rotatable bonds is 4. The maximum atomic E-state index is 3.85. The summed E-state index contributed by atoms with van der Waals surface area (Å²) in [5.74, 6) is 0.382. The average molecular weight is 346 g/mol. The average Bonchev–Trinajstić information content (AvgIpc) is 2.90. The van der Waals surface area contributed by atoms with Crippen molar-refractivity contribution in [1.82, 2.24) is 0 Å². The summed E-state index contributed by atoms with van der Waals surface area (Å²) in [5.41, 5.74) is 10.6. The van der Waals surface area contributed by atoms with E-state index in [4.69, 9.17) is 0 Å². The van der Waals surface area contributed by atoms with Crippen LogP contribution in [0.3, 0.4) is 0 Å². The zero-order valence-electron chi connectivity index (χ0n) is 17.2. The molecule has 0 spiro atoms. The standard InChI is InChI=1S/C25H31N/c1-16-14-18(3)24(19(4)15-16)26-25(6,7)23-11-9-8-10-22(23)21-13-12-17(2)20(21)5/h8-15,21,26H,1-7H3. The highest BCUT2D eigenvalue weighted by Crippen LogP contribution is 2.40. The lowest BCUT2D eigenvalue weighted by molar-refractivity contribution is 0.598. The Bertz CT molecular complexity index is 873. The summed E-state index contributed by atoms with van der Waals surface area (Å²) in [6, 6.07) is 13.4. The third-order valence-corrected chi connectivity index (χ3v) is 5.71. The highest BCUT2D eigenvalue weighted by Gasteiger charge is 2.28. The van der Waals surface area contributed by atoms with Crippen molar-refractivity contribution in [2.24, 2.45) is 0 Å². The predicted octanol–water partition coefficient (Wildman–Crippen LogP) is 6.95. The van der Waals surface area contributed by atoms with Crippen LogP contribution in [0.15, 0.2) is 59.7 Å². The van der Waals surface area contributed by atoms with E-state index in [1.54, 1.807) is 0 Å². The van der Waals surface area contributed by atoms with Crippen molar-refractivity contribution in [1.29, 1.82) is 0 Å². The van der Waals surface area contributed by atoms with Gasteiger partial charge in [0.25, 0.3) is 0 Å². The van der Waals surface area contributed by atoms with Gasteiger partial charge in [-0.15, -0.1) is 0 Å². The van der Waals surface area contributed by atoms with Crippen LogP contribution in [0.2, 0.25) is 0 Å². The molecule has 136 valence electrons. The molecule has 0 fully saturated rings. The topological polar surface area (TPSA) is 12.0 Å². The minimum Gasteiger partial charge on any atom is -0.376 e. The van der Waals surface area contributed by atoms with Gasteiger partial charge in [-0.05, 0) is 70.7 Å².